The molecule has 3 heteroatoms. The minimum absolute atomic E-state index is 0.0558. The van der Waals surface area contributed by atoms with Gasteiger partial charge in [-0.2, -0.15) is 0 Å². The number of carbonyl (C=O) groups excluding carboxylic acids is 1. The average molecular weight is 299 g/mol. The molecule has 1 atom stereocenters. The second kappa shape index (κ2) is 11.5. The van der Waals surface area contributed by atoms with Gasteiger partial charge in [-0.25, -0.2) is 0 Å². The summed E-state index contributed by atoms with van der Waals surface area (Å²) in [6, 6.07) is 3.99. The van der Waals surface area contributed by atoms with Crippen molar-refractivity contribution in [1.82, 2.24) is 4.98 Å². The van der Waals surface area contributed by atoms with Gasteiger partial charge in [-0.15, -0.1) is 0 Å². The van der Waals surface area contributed by atoms with Crippen molar-refractivity contribution in [2.24, 2.45) is 0 Å². The number of ether oxygens (including phenoxy) is 1. The Hall–Kier alpha value is -2.16. The van der Waals surface area contributed by atoms with E-state index in [0.717, 1.165) is 31.2 Å². The maximum absolute atomic E-state index is 10.7. The summed E-state index contributed by atoms with van der Waals surface area (Å²) in [5.74, 6) is -0.226. The van der Waals surface area contributed by atoms with Crippen LogP contribution in [-0.4, -0.2) is 17.1 Å². The van der Waals surface area contributed by atoms with Crippen LogP contribution in [0.15, 0.2) is 54.9 Å². The van der Waals surface area contributed by atoms with Crippen LogP contribution in [-0.2, 0) is 9.53 Å². The fourth-order valence-electron chi connectivity index (χ4n) is 1.90. The van der Waals surface area contributed by atoms with Crippen LogP contribution in [0.4, 0.5) is 0 Å². The molecule has 0 amide bonds. The van der Waals surface area contributed by atoms with E-state index < -0.39 is 0 Å². The highest BCUT2D eigenvalue weighted by Gasteiger charge is 2.01. The van der Waals surface area contributed by atoms with Crippen molar-refractivity contribution in [3.8, 4) is 0 Å². The standard InChI is InChI=1S/C19H25NO2/c1-17(22-18(2)21)12-9-7-5-3-4-6-8-10-13-19-14-11-15-20-16-19/h3,5,7,9-11,13-17H,4,6,8,12H2,1-2H3. The molecule has 1 heterocycles. The van der Waals surface area contributed by atoms with Crippen LogP contribution in [0.5, 0.6) is 0 Å². The zero-order valence-electron chi connectivity index (χ0n) is 13.4. The predicted molar refractivity (Wildman–Crippen MR) is 91.2 cm³/mol. The Bertz CT molecular complexity index is 503. The van der Waals surface area contributed by atoms with Crippen molar-refractivity contribution < 1.29 is 9.53 Å². The molecule has 3 nitrogen and oxygen atoms in total. The number of nitrogens with zero attached hydrogens (tertiary/aromatic N) is 1. The first kappa shape index (κ1) is 17.9. The van der Waals surface area contributed by atoms with Gasteiger partial charge < -0.3 is 4.74 Å². The van der Waals surface area contributed by atoms with Crippen molar-refractivity contribution in [3.05, 3.63) is 60.5 Å². The molecule has 0 aliphatic heterocycles. The van der Waals surface area contributed by atoms with Gasteiger partial charge in [0.1, 0.15) is 6.10 Å². The van der Waals surface area contributed by atoms with E-state index in [1.54, 1.807) is 6.20 Å². The third-order valence-electron chi connectivity index (χ3n) is 2.95. The van der Waals surface area contributed by atoms with Crippen LogP contribution < -0.4 is 0 Å². The minimum atomic E-state index is -0.226. The van der Waals surface area contributed by atoms with Gasteiger partial charge in [0.2, 0.25) is 0 Å². The minimum Gasteiger partial charge on any atom is -0.463 e. The van der Waals surface area contributed by atoms with E-state index in [0.29, 0.717) is 0 Å². The molecule has 1 rings (SSSR count). The van der Waals surface area contributed by atoms with E-state index in [1.165, 1.54) is 6.92 Å². The average Bonchev–Trinajstić information content (AvgIpc) is 2.49. The van der Waals surface area contributed by atoms with Crippen LogP contribution in [0.2, 0.25) is 0 Å². The Labute approximate surface area is 133 Å². The number of unbranched alkanes of at least 4 members (excludes halogenated alkanes) is 2. The highest BCUT2D eigenvalue weighted by atomic mass is 16.5. The normalized spacial score (nSPS) is 13.2. The van der Waals surface area contributed by atoms with Gasteiger partial charge >= 0.3 is 5.97 Å². The van der Waals surface area contributed by atoms with Gasteiger partial charge in [0.25, 0.3) is 0 Å². The summed E-state index contributed by atoms with van der Waals surface area (Å²) in [4.78, 5) is 14.8. The molecule has 0 aliphatic carbocycles. The topological polar surface area (TPSA) is 39.2 Å². The Kier molecular flexibility index (Phi) is 9.35. The van der Waals surface area contributed by atoms with Gasteiger partial charge in [-0.1, -0.05) is 42.5 Å². The summed E-state index contributed by atoms with van der Waals surface area (Å²) in [5, 5.41) is 0. The van der Waals surface area contributed by atoms with Crippen molar-refractivity contribution in [1.29, 1.82) is 0 Å². The number of aromatic nitrogens is 1. The van der Waals surface area contributed by atoms with Crippen LogP contribution in [0, 0.1) is 0 Å². The largest absolute Gasteiger partial charge is 0.463 e. The molecule has 0 aliphatic rings. The molecule has 0 radical (unpaired) electrons. The number of carbonyl (C=O) groups is 1. The van der Waals surface area contributed by atoms with Gasteiger partial charge in [0.15, 0.2) is 0 Å². The first-order valence-electron chi connectivity index (χ1n) is 7.74. The fourth-order valence-corrected chi connectivity index (χ4v) is 1.90. The van der Waals surface area contributed by atoms with E-state index in [-0.39, 0.29) is 12.1 Å². The molecular formula is C19H25NO2. The Morgan fingerprint density at radius 1 is 1.27 bits per heavy atom. The maximum atomic E-state index is 10.7. The third kappa shape index (κ3) is 9.70. The molecule has 0 spiro atoms. The highest BCUT2D eigenvalue weighted by Crippen LogP contribution is 2.04. The molecule has 0 bridgehead atoms. The summed E-state index contributed by atoms with van der Waals surface area (Å²) in [6.07, 6.45) is 20.1. The number of rotatable bonds is 9. The quantitative estimate of drug-likeness (QED) is 0.376. The zero-order valence-corrected chi connectivity index (χ0v) is 13.4. The summed E-state index contributed by atoms with van der Waals surface area (Å²) in [7, 11) is 0. The Morgan fingerprint density at radius 2 is 2.05 bits per heavy atom. The second-order valence-corrected chi connectivity index (χ2v) is 5.13. The Balaban J connectivity index is 2.07. The van der Waals surface area contributed by atoms with E-state index in [2.05, 4.69) is 23.2 Å². The highest BCUT2D eigenvalue weighted by molar-refractivity contribution is 5.66. The lowest BCUT2D eigenvalue weighted by molar-refractivity contribution is -0.145. The molecule has 0 N–H and O–H groups in total. The van der Waals surface area contributed by atoms with Gasteiger partial charge in [0.05, 0.1) is 0 Å². The van der Waals surface area contributed by atoms with Crippen molar-refractivity contribution in [2.75, 3.05) is 0 Å². The molecule has 1 aromatic rings. The molecule has 0 aromatic carbocycles. The predicted octanol–water partition coefficient (Wildman–Crippen LogP) is 4.72. The van der Waals surface area contributed by atoms with Crippen LogP contribution in [0.25, 0.3) is 6.08 Å². The van der Waals surface area contributed by atoms with E-state index in [1.807, 2.05) is 43.5 Å². The first-order chi connectivity index (χ1) is 10.7. The van der Waals surface area contributed by atoms with Crippen molar-refractivity contribution in [2.45, 2.75) is 45.6 Å². The fraction of sp³-hybridized carbons (Fsp3) is 0.368. The lowest BCUT2D eigenvalue weighted by Crippen LogP contribution is -2.10. The third-order valence-corrected chi connectivity index (χ3v) is 2.95. The van der Waals surface area contributed by atoms with Crippen LogP contribution in [0.1, 0.15) is 45.1 Å². The van der Waals surface area contributed by atoms with Crippen molar-refractivity contribution >= 4 is 12.0 Å². The summed E-state index contributed by atoms with van der Waals surface area (Å²) in [5.41, 5.74) is 1.14. The van der Waals surface area contributed by atoms with Crippen LogP contribution in [0.3, 0.4) is 0 Å². The smallest absolute Gasteiger partial charge is 0.302 e. The molecule has 1 unspecified atom stereocenters. The molecule has 1 aromatic heterocycles. The van der Waals surface area contributed by atoms with E-state index >= 15 is 0 Å². The number of hydrogen-bond acceptors (Lipinski definition) is 3. The maximum Gasteiger partial charge on any atom is 0.302 e. The molecule has 0 saturated heterocycles. The number of allylic oxidation sites excluding steroid dienone is 4. The summed E-state index contributed by atoms with van der Waals surface area (Å²) in [6.45, 7) is 3.33. The molecule has 118 valence electrons. The molecule has 0 fully saturated rings. The molecular weight excluding hydrogens is 274 g/mol. The van der Waals surface area contributed by atoms with Gasteiger partial charge in [-0.05, 0) is 37.8 Å². The van der Waals surface area contributed by atoms with Crippen molar-refractivity contribution in [3.63, 3.8) is 0 Å². The lowest BCUT2D eigenvalue weighted by Gasteiger charge is -2.07. The second-order valence-electron chi connectivity index (χ2n) is 5.13. The van der Waals surface area contributed by atoms with Gasteiger partial charge in [-0.3, -0.25) is 9.78 Å². The van der Waals surface area contributed by atoms with Crippen LogP contribution >= 0.6 is 0 Å². The first-order valence-corrected chi connectivity index (χ1v) is 7.74. The monoisotopic (exact) mass is 299 g/mol. The van der Waals surface area contributed by atoms with E-state index in [9.17, 15) is 4.79 Å². The number of hydrogen-bond donors (Lipinski definition) is 0. The number of pyridine rings is 1. The van der Waals surface area contributed by atoms with E-state index in [4.69, 9.17) is 4.74 Å². The van der Waals surface area contributed by atoms with Gasteiger partial charge in [0, 0.05) is 25.7 Å². The molecule has 22 heavy (non-hydrogen) atoms. The number of esters is 1. The Morgan fingerprint density at radius 3 is 2.77 bits per heavy atom. The lowest BCUT2D eigenvalue weighted by atomic mass is 10.2. The summed E-state index contributed by atoms with van der Waals surface area (Å²) < 4.78 is 5.03. The zero-order chi connectivity index (χ0) is 16.0. The molecule has 0 saturated carbocycles. The summed E-state index contributed by atoms with van der Waals surface area (Å²) >= 11 is 0. The SMILES string of the molecule is CC(=O)OC(C)CC=CC=CCCCC=Cc1cccnc1.